The number of halogens is 4. The van der Waals surface area contributed by atoms with Gasteiger partial charge in [-0.3, -0.25) is 9.52 Å². The Balaban J connectivity index is 2.52. The zero-order chi connectivity index (χ0) is 25.2. The van der Waals surface area contributed by atoms with E-state index in [0.29, 0.717) is 12.1 Å². The second-order valence-electron chi connectivity index (χ2n) is 7.17. The third kappa shape index (κ3) is 7.14. The minimum atomic E-state index is -5.19. The van der Waals surface area contributed by atoms with Crippen LogP contribution in [0.4, 0.5) is 18.9 Å². The van der Waals surface area contributed by atoms with Crippen molar-refractivity contribution in [3.05, 3.63) is 40.4 Å². The summed E-state index contributed by atoms with van der Waals surface area (Å²) in [4.78, 5) is 11.8. The molecule has 0 aliphatic heterocycles. The van der Waals surface area contributed by atoms with Gasteiger partial charge in [-0.2, -0.15) is 0 Å². The van der Waals surface area contributed by atoms with Crippen molar-refractivity contribution in [3.63, 3.8) is 0 Å². The van der Waals surface area contributed by atoms with Crippen molar-refractivity contribution in [2.24, 2.45) is 0 Å². The Kier molecular flexibility index (Phi) is 7.76. The molecule has 0 heterocycles. The molecule has 1 unspecified atom stereocenters. The lowest BCUT2D eigenvalue weighted by molar-refractivity contribution is -0.274. The van der Waals surface area contributed by atoms with Crippen molar-refractivity contribution in [1.29, 1.82) is 0 Å². The maximum Gasteiger partial charge on any atom is 0.573 e. The van der Waals surface area contributed by atoms with Crippen LogP contribution in [0, 0.1) is 0 Å². The summed E-state index contributed by atoms with van der Waals surface area (Å²) in [6, 6.07) is 4.50. The summed E-state index contributed by atoms with van der Waals surface area (Å²) in [5.74, 6) is -3.77. The topological polar surface area (TPSA) is 145 Å². The van der Waals surface area contributed by atoms with Gasteiger partial charge in [0, 0.05) is 17.1 Å². The Labute approximate surface area is 195 Å². The maximum atomic E-state index is 12.8. The highest BCUT2D eigenvalue weighted by Gasteiger charge is 2.33. The molecule has 0 bridgehead atoms. The van der Waals surface area contributed by atoms with Crippen LogP contribution in [0.3, 0.4) is 0 Å². The summed E-state index contributed by atoms with van der Waals surface area (Å²) in [5.41, 5.74) is -2.91. The van der Waals surface area contributed by atoms with E-state index >= 15 is 0 Å². The lowest BCUT2D eigenvalue weighted by Gasteiger charge is -2.22. The van der Waals surface area contributed by atoms with E-state index in [4.69, 9.17) is 0 Å². The number of carbonyl (C=O) groups excluding carboxylic acids is 1. The fourth-order valence-corrected chi connectivity index (χ4v) is 4.14. The van der Waals surface area contributed by atoms with E-state index in [2.05, 4.69) is 26.0 Å². The Morgan fingerprint density at radius 2 is 1.82 bits per heavy atom. The van der Waals surface area contributed by atoms with Gasteiger partial charge in [0.2, 0.25) is 0 Å². The van der Waals surface area contributed by atoms with Gasteiger partial charge < -0.3 is 25.4 Å². The van der Waals surface area contributed by atoms with Gasteiger partial charge in [0.25, 0.3) is 15.9 Å². The maximum absolute atomic E-state index is 12.8. The van der Waals surface area contributed by atoms with Gasteiger partial charge in [0.1, 0.15) is 16.4 Å². The minimum Gasteiger partial charge on any atom is -0.507 e. The molecule has 0 aliphatic rings. The Morgan fingerprint density at radius 3 is 2.39 bits per heavy atom. The van der Waals surface area contributed by atoms with Crippen molar-refractivity contribution in [2.75, 3.05) is 11.3 Å². The molecule has 2 aromatic carbocycles. The van der Waals surface area contributed by atoms with E-state index in [9.17, 15) is 41.7 Å². The van der Waals surface area contributed by atoms with Crippen molar-refractivity contribution in [1.82, 2.24) is 5.32 Å². The SMILES string of the molecule is CCC(C)(O)CNC(=O)c1cc(OC(F)(F)F)cc(NS(=O)(=O)c2cc(Br)ccc2O)c1O. The highest BCUT2D eigenvalue weighted by atomic mass is 79.9. The average Bonchev–Trinajstić information content (AvgIpc) is 2.69. The number of aromatic hydroxyl groups is 2. The van der Waals surface area contributed by atoms with Gasteiger partial charge >= 0.3 is 6.36 Å². The van der Waals surface area contributed by atoms with Crippen LogP contribution >= 0.6 is 15.9 Å². The molecule has 1 atom stereocenters. The van der Waals surface area contributed by atoms with Crippen LogP contribution in [0.1, 0.15) is 30.6 Å². The first-order valence-corrected chi connectivity index (χ1v) is 11.5. The molecule has 0 saturated carbocycles. The number of rotatable bonds is 8. The largest absolute Gasteiger partial charge is 0.573 e. The third-order valence-corrected chi connectivity index (χ3v) is 6.30. The molecule has 2 rings (SSSR count). The molecular weight excluding hydrogens is 537 g/mol. The van der Waals surface area contributed by atoms with Gasteiger partial charge in [-0.25, -0.2) is 8.42 Å². The van der Waals surface area contributed by atoms with E-state index in [1.165, 1.54) is 13.0 Å². The monoisotopic (exact) mass is 556 g/mol. The highest BCUT2D eigenvalue weighted by Crippen LogP contribution is 2.37. The molecule has 5 N–H and O–H groups in total. The Morgan fingerprint density at radius 1 is 1.18 bits per heavy atom. The number of ether oxygens (including phenoxy) is 1. The number of alkyl halides is 3. The van der Waals surface area contributed by atoms with Crippen LogP contribution in [0.25, 0.3) is 0 Å². The summed E-state index contributed by atoms with van der Waals surface area (Å²) in [6.45, 7) is 2.73. The molecule has 9 nitrogen and oxygen atoms in total. The summed E-state index contributed by atoms with van der Waals surface area (Å²) >= 11 is 3.03. The third-order valence-electron chi connectivity index (χ3n) is 4.41. The van der Waals surface area contributed by atoms with Crippen molar-refractivity contribution >= 4 is 37.5 Å². The number of benzene rings is 2. The zero-order valence-electron chi connectivity index (χ0n) is 17.2. The molecule has 2 aromatic rings. The van der Waals surface area contributed by atoms with Gasteiger partial charge in [-0.05, 0) is 37.6 Å². The molecule has 33 heavy (non-hydrogen) atoms. The van der Waals surface area contributed by atoms with E-state index in [1.54, 1.807) is 6.92 Å². The van der Waals surface area contributed by atoms with Gasteiger partial charge in [-0.15, -0.1) is 13.2 Å². The summed E-state index contributed by atoms with van der Waals surface area (Å²) in [7, 11) is -4.63. The molecule has 182 valence electrons. The van der Waals surface area contributed by atoms with Crippen molar-refractivity contribution < 1.29 is 46.4 Å². The number of hydrogen-bond acceptors (Lipinski definition) is 7. The second kappa shape index (κ2) is 9.65. The number of amides is 1. The predicted molar refractivity (Wildman–Crippen MR) is 115 cm³/mol. The molecule has 0 aliphatic carbocycles. The van der Waals surface area contributed by atoms with Crippen LogP contribution < -0.4 is 14.8 Å². The van der Waals surface area contributed by atoms with Gasteiger partial charge in [-0.1, -0.05) is 22.9 Å². The number of sulfonamides is 1. The Bertz CT molecular complexity index is 1150. The van der Waals surface area contributed by atoms with Gasteiger partial charge in [0.05, 0.1) is 16.9 Å². The highest BCUT2D eigenvalue weighted by molar-refractivity contribution is 9.10. The quantitative estimate of drug-likeness (QED) is 0.313. The van der Waals surface area contributed by atoms with Crippen LogP contribution in [0.2, 0.25) is 0 Å². The molecule has 0 saturated heterocycles. The van der Waals surface area contributed by atoms with Crippen molar-refractivity contribution in [2.45, 2.75) is 37.1 Å². The predicted octanol–water partition coefficient (Wildman–Crippen LogP) is 3.45. The number of phenolic OH excluding ortho intramolecular Hbond substituents is 2. The van der Waals surface area contributed by atoms with E-state index < -0.39 is 61.3 Å². The number of carbonyl (C=O) groups is 1. The molecule has 1 amide bonds. The number of hydrogen-bond donors (Lipinski definition) is 5. The summed E-state index contributed by atoms with van der Waals surface area (Å²) < 4.78 is 69.6. The standard InChI is InChI=1S/C19H20BrF3N2O7S/c1-3-18(2,29)9-24-17(28)12-7-11(32-19(21,22)23)8-13(16(12)27)25-33(30,31)15-6-10(20)4-5-14(15)26/h4-8,25-27,29H,3,9H2,1-2H3,(H,24,28). The second-order valence-corrected chi connectivity index (χ2v) is 9.73. The van der Waals surface area contributed by atoms with E-state index in [-0.39, 0.29) is 17.4 Å². The number of anilines is 1. The van der Waals surface area contributed by atoms with Crippen LogP contribution in [0.5, 0.6) is 17.2 Å². The summed E-state index contributed by atoms with van der Waals surface area (Å²) in [5, 5.41) is 32.6. The first-order valence-electron chi connectivity index (χ1n) is 9.19. The molecular formula is C19H20BrF3N2O7S. The van der Waals surface area contributed by atoms with Crippen LogP contribution in [-0.2, 0) is 10.0 Å². The number of phenols is 2. The molecule has 0 radical (unpaired) electrons. The van der Waals surface area contributed by atoms with Crippen LogP contribution in [0.15, 0.2) is 39.7 Å². The smallest absolute Gasteiger partial charge is 0.507 e. The van der Waals surface area contributed by atoms with E-state index in [0.717, 1.165) is 12.1 Å². The van der Waals surface area contributed by atoms with Crippen LogP contribution in [-0.4, -0.2) is 48.2 Å². The normalized spacial score (nSPS) is 13.8. The van der Waals surface area contributed by atoms with E-state index in [1.807, 2.05) is 4.72 Å². The first kappa shape index (κ1) is 26.5. The molecule has 0 fully saturated rings. The molecule has 0 spiro atoms. The average molecular weight is 557 g/mol. The van der Waals surface area contributed by atoms with Crippen molar-refractivity contribution in [3.8, 4) is 17.2 Å². The fraction of sp³-hybridized carbons (Fsp3) is 0.316. The van der Waals surface area contributed by atoms with Gasteiger partial charge in [0.15, 0.2) is 5.75 Å². The fourth-order valence-electron chi connectivity index (χ4n) is 2.45. The lowest BCUT2D eigenvalue weighted by atomic mass is 10.0. The number of aliphatic hydroxyl groups is 1. The molecule has 14 heteroatoms. The zero-order valence-corrected chi connectivity index (χ0v) is 19.6. The number of nitrogens with one attached hydrogen (secondary N) is 2. The summed E-state index contributed by atoms with van der Waals surface area (Å²) in [6.07, 6.45) is -4.95. The lowest BCUT2D eigenvalue weighted by Crippen LogP contribution is -2.40. The minimum absolute atomic E-state index is 0.234. The Hall–Kier alpha value is -2.71. The molecule has 0 aromatic heterocycles. The first-order chi connectivity index (χ1) is 15.0.